The van der Waals surface area contributed by atoms with E-state index >= 15 is 0 Å². The van der Waals surface area contributed by atoms with Gasteiger partial charge in [0.1, 0.15) is 5.82 Å². The largest absolute Gasteiger partial charge is 0.377 e. The summed E-state index contributed by atoms with van der Waals surface area (Å²) >= 11 is 0. The number of anilines is 2. The van der Waals surface area contributed by atoms with Crippen molar-refractivity contribution in [3.8, 4) is 0 Å². The first-order valence-electron chi connectivity index (χ1n) is 6.60. The van der Waals surface area contributed by atoms with Crippen LogP contribution < -0.4 is 10.6 Å². The van der Waals surface area contributed by atoms with Crippen LogP contribution in [0.25, 0.3) is 0 Å². The lowest BCUT2D eigenvalue weighted by atomic mass is 10.3. The van der Waals surface area contributed by atoms with E-state index in [2.05, 4.69) is 27.5 Å². The Morgan fingerprint density at radius 3 is 2.78 bits per heavy atom. The maximum absolute atomic E-state index is 5.48. The molecule has 102 valence electrons. The van der Waals surface area contributed by atoms with E-state index in [1.807, 2.05) is 27.0 Å². The molecule has 5 nitrogen and oxygen atoms in total. The second-order valence-corrected chi connectivity index (χ2v) is 4.30. The van der Waals surface area contributed by atoms with Crippen LogP contribution in [0.2, 0.25) is 0 Å². The fraction of sp³-hybridized carbons (Fsp3) is 0.692. The summed E-state index contributed by atoms with van der Waals surface area (Å²) in [5, 5.41) is 6.48. The second-order valence-electron chi connectivity index (χ2n) is 4.30. The zero-order chi connectivity index (χ0) is 13.4. The summed E-state index contributed by atoms with van der Waals surface area (Å²) in [4.78, 5) is 8.70. The Labute approximate surface area is 109 Å². The highest BCUT2D eigenvalue weighted by Crippen LogP contribution is 2.12. The van der Waals surface area contributed by atoms with Crippen molar-refractivity contribution in [2.45, 2.75) is 40.2 Å². The molecule has 18 heavy (non-hydrogen) atoms. The Bertz CT molecular complexity index is 357. The molecule has 1 atom stereocenters. The van der Waals surface area contributed by atoms with Crippen LogP contribution in [0.3, 0.4) is 0 Å². The van der Waals surface area contributed by atoms with Crippen molar-refractivity contribution < 1.29 is 4.74 Å². The van der Waals surface area contributed by atoms with E-state index in [0.29, 0.717) is 5.95 Å². The molecule has 0 fully saturated rings. The van der Waals surface area contributed by atoms with Gasteiger partial charge in [0.05, 0.1) is 6.10 Å². The number of rotatable bonds is 8. The molecule has 0 aliphatic heterocycles. The number of ether oxygens (including phenoxy) is 1. The SMILES string of the molecule is CCCNc1ncc(C)c(NCC(C)OCC)n1. The molecule has 5 heteroatoms. The maximum Gasteiger partial charge on any atom is 0.224 e. The number of hydrogen-bond donors (Lipinski definition) is 2. The number of nitrogens with zero attached hydrogens (tertiary/aromatic N) is 2. The topological polar surface area (TPSA) is 59.1 Å². The normalized spacial score (nSPS) is 12.2. The van der Waals surface area contributed by atoms with E-state index in [-0.39, 0.29) is 6.10 Å². The van der Waals surface area contributed by atoms with Crippen molar-refractivity contribution in [3.05, 3.63) is 11.8 Å². The summed E-state index contributed by atoms with van der Waals surface area (Å²) in [5.74, 6) is 1.55. The van der Waals surface area contributed by atoms with Crippen molar-refractivity contribution >= 4 is 11.8 Å². The van der Waals surface area contributed by atoms with E-state index in [1.165, 1.54) is 0 Å². The smallest absolute Gasteiger partial charge is 0.224 e. The van der Waals surface area contributed by atoms with E-state index in [4.69, 9.17) is 4.74 Å². The molecular weight excluding hydrogens is 228 g/mol. The average Bonchev–Trinajstić information content (AvgIpc) is 2.36. The van der Waals surface area contributed by atoms with Crippen molar-refractivity contribution in [3.63, 3.8) is 0 Å². The van der Waals surface area contributed by atoms with Crippen LogP contribution in [0.5, 0.6) is 0 Å². The molecule has 1 rings (SSSR count). The van der Waals surface area contributed by atoms with Crippen LogP contribution in [0.1, 0.15) is 32.8 Å². The van der Waals surface area contributed by atoms with Gasteiger partial charge in [-0.25, -0.2) is 4.98 Å². The zero-order valence-electron chi connectivity index (χ0n) is 11.8. The molecule has 2 N–H and O–H groups in total. The molecule has 0 aromatic carbocycles. The fourth-order valence-corrected chi connectivity index (χ4v) is 1.53. The van der Waals surface area contributed by atoms with E-state index in [0.717, 1.165) is 37.5 Å². The minimum atomic E-state index is 0.177. The van der Waals surface area contributed by atoms with Crippen molar-refractivity contribution in [2.24, 2.45) is 0 Å². The number of aryl methyl sites for hydroxylation is 1. The molecule has 0 aliphatic carbocycles. The summed E-state index contributed by atoms with van der Waals surface area (Å²) < 4.78 is 5.48. The Morgan fingerprint density at radius 1 is 1.33 bits per heavy atom. The maximum atomic E-state index is 5.48. The number of aromatic nitrogens is 2. The predicted molar refractivity (Wildman–Crippen MR) is 75.1 cm³/mol. The standard InChI is InChI=1S/C13H24N4O/c1-5-7-14-13-16-8-10(3)12(17-13)15-9-11(4)18-6-2/h8,11H,5-7,9H2,1-4H3,(H2,14,15,16,17). The van der Waals surface area contributed by atoms with Crippen LogP contribution in [0.15, 0.2) is 6.20 Å². The van der Waals surface area contributed by atoms with E-state index < -0.39 is 0 Å². The number of hydrogen-bond acceptors (Lipinski definition) is 5. The summed E-state index contributed by atoms with van der Waals surface area (Å²) in [6.45, 7) is 10.5. The third-order valence-corrected chi connectivity index (χ3v) is 2.51. The molecule has 1 aromatic heterocycles. The minimum absolute atomic E-state index is 0.177. The van der Waals surface area contributed by atoms with Crippen LogP contribution in [-0.2, 0) is 4.74 Å². The summed E-state index contributed by atoms with van der Waals surface area (Å²) in [6, 6.07) is 0. The van der Waals surface area contributed by atoms with Gasteiger partial charge in [-0.2, -0.15) is 4.98 Å². The van der Waals surface area contributed by atoms with Gasteiger partial charge in [0.25, 0.3) is 0 Å². The Morgan fingerprint density at radius 2 is 2.11 bits per heavy atom. The highest BCUT2D eigenvalue weighted by Gasteiger charge is 2.05. The fourth-order valence-electron chi connectivity index (χ4n) is 1.53. The Kier molecular flexibility index (Phi) is 6.43. The van der Waals surface area contributed by atoms with Crippen molar-refractivity contribution in [1.29, 1.82) is 0 Å². The summed E-state index contributed by atoms with van der Waals surface area (Å²) in [6.07, 6.45) is 3.07. The molecule has 0 saturated heterocycles. The lowest BCUT2D eigenvalue weighted by molar-refractivity contribution is 0.0855. The summed E-state index contributed by atoms with van der Waals surface area (Å²) in [7, 11) is 0. The molecule has 0 spiro atoms. The average molecular weight is 252 g/mol. The van der Waals surface area contributed by atoms with Crippen molar-refractivity contribution in [2.75, 3.05) is 30.3 Å². The summed E-state index contributed by atoms with van der Waals surface area (Å²) in [5.41, 5.74) is 1.04. The highest BCUT2D eigenvalue weighted by molar-refractivity contribution is 5.46. The molecule has 1 aromatic rings. The second kappa shape index (κ2) is 7.87. The van der Waals surface area contributed by atoms with E-state index in [1.54, 1.807) is 0 Å². The molecule has 0 bridgehead atoms. The molecule has 0 saturated carbocycles. The monoisotopic (exact) mass is 252 g/mol. The molecule has 0 radical (unpaired) electrons. The van der Waals surface area contributed by atoms with Gasteiger partial charge >= 0.3 is 0 Å². The van der Waals surface area contributed by atoms with Gasteiger partial charge < -0.3 is 15.4 Å². The first kappa shape index (κ1) is 14.7. The number of nitrogens with one attached hydrogen (secondary N) is 2. The lowest BCUT2D eigenvalue weighted by Crippen LogP contribution is -2.21. The Hall–Kier alpha value is -1.36. The quantitative estimate of drug-likeness (QED) is 0.744. The van der Waals surface area contributed by atoms with Crippen LogP contribution in [0.4, 0.5) is 11.8 Å². The first-order chi connectivity index (χ1) is 8.67. The van der Waals surface area contributed by atoms with Gasteiger partial charge in [-0.15, -0.1) is 0 Å². The highest BCUT2D eigenvalue weighted by atomic mass is 16.5. The van der Waals surface area contributed by atoms with E-state index in [9.17, 15) is 0 Å². The Balaban J connectivity index is 2.57. The van der Waals surface area contributed by atoms with Crippen LogP contribution in [0, 0.1) is 6.92 Å². The van der Waals surface area contributed by atoms with Gasteiger partial charge in [-0.1, -0.05) is 6.92 Å². The van der Waals surface area contributed by atoms with Gasteiger partial charge in [0.15, 0.2) is 0 Å². The van der Waals surface area contributed by atoms with Crippen molar-refractivity contribution in [1.82, 2.24) is 9.97 Å². The van der Waals surface area contributed by atoms with Gasteiger partial charge in [0, 0.05) is 31.5 Å². The molecule has 1 heterocycles. The molecule has 0 amide bonds. The van der Waals surface area contributed by atoms with Gasteiger partial charge in [-0.05, 0) is 27.2 Å². The molecular formula is C13H24N4O. The van der Waals surface area contributed by atoms with Gasteiger partial charge in [-0.3, -0.25) is 0 Å². The zero-order valence-corrected chi connectivity index (χ0v) is 11.8. The van der Waals surface area contributed by atoms with Gasteiger partial charge in [0.2, 0.25) is 5.95 Å². The lowest BCUT2D eigenvalue weighted by Gasteiger charge is -2.15. The third kappa shape index (κ3) is 4.87. The third-order valence-electron chi connectivity index (χ3n) is 2.51. The predicted octanol–water partition coefficient (Wildman–Crippen LogP) is 2.44. The minimum Gasteiger partial charge on any atom is -0.377 e. The first-order valence-corrected chi connectivity index (χ1v) is 6.60. The van der Waals surface area contributed by atoms with Crippen LogP contribution in [-0.4, -0.2) is 35.8 Å². The molecule has 0 aliphatic rings. The van der Waals surface area contributed by atoms with Crippen LogP contribution >= 0.6 is 0 Å². The molecule has 1 unspecified atom stereocenters.